The van der Waals surface area contributed by atoms with Crippen molar-refractivity contribution in [2.45, 2.75) is 19.8 Å². The van der Waals surface area contributed by atoms with Gasteiger partial charge >= 0.3 is 0 Å². The summed E-state index contributed by atoms with van der Waals surface area (Å²) in [5.41, 5.74) is 3.01. The number of methoxy groups -OCH3 is 1. The van der Waals surface area contributed by atoms with Crippen molar-refractivity contribution in [1.29, 1.82) is 0 Å². The van der Waals surface area contributed by atoms with Crippen molar-refractivity contribution in [2.24, 2.45) is 7.05 Å². The van der Waals surface area contributed by atoms with Crippen molar-refractivity contribution in [3.05, 3.63) is 36.3 Å². The highest BCUT2D eigenvalue weighted by Gasteiger charge is 2.24. The van der Waals surface area contributed by atoms with Gasteiger partial charge in [-0.1, -0.05) is 0 Å². The van der Waals surface area contributed by atoms with Crippen LogP contribution >= 0.6 is 0 Å². The fourth-order valence-corrected chi connectivity index (χ4v) is 3.52. The van der Waals surface area contributed by atoms with Gasteiger partial charge in [0.15, 0.2) is 17.3 Å². The average molecular weight is 353 g/mol. The molecule has 0 spiro atoms. The third kappa shape index (κ3) is 2.60. The van der Waals surface area contributed by atoms with Gasteiger partial charge in [0.05, 0.1) is 12.8 Å². The molecule has 136 valence electrons. The number of aromatic nitrogens is 4. The Kier molecular flexibility index (Phi) is 4.06. The first-order valence-corrected chi connectivity index (χ1v) is 8.80. The lowest BCUT2D eigenvalue weighted by atomic mass is 10.2. The molecule has 0 bridgehead atoms. The molecule has 0 saturated carbocycles. The van der Waals surface area contributed by atoms with Gasteiger partial charge < -0.3 is 14.7 Å². The average Bonchev–Trinajstić information content (AvgIpc) is 3.37. The monoisotopic (exact) mass is 353 g/mol. The molecule has 4 rings (SSSR count). The van der Waals surface area contributed by atoms with E-state index in [0.717, 1.165) is 41.7 Å². The lowest BCUT2D eigenvalue weighted by molar-refractivity contribution is 0.373. The Hall–Kier alpha value is -2.96. The maximum Gasteiger partial charge on any atom is 0.175 e. The minimum Gasteiger partial charge on any atom is -0.504 e. The van der Waals surface area contributed by atoms with Crippen LogP contribution in [0.15, 0.2) is 30.6 Å². The van der Waals surface area contributed by atoms with Gasteiger partial charge in [-0.25, -0.2) is 4.98 Å². The van der Waals surface area contributed by atoms with E-state index < -0.39 is 0 Å². The molecule has 0 aliphatic carbocycles. The van der Waals surface area contributed by atoms with Gasteiger partial charge in [-0.2, -0.15) is 5.10 Å². The van der Waals surface area contributed by atoms with Crippen LogP contribution in [0.25, 0.3) is 17.1 Å². The molecule has 1 aliphatic rings. The molecule has 0 amide bonds. The van der Waals surface area contributed by atoms with Gasteiger partial charge in [0.1, 0.15) is 11.5 Å². The number of ether oxygens (including phenoxy) is 1. The SMILES string of the molecule is COc1cc(-c2nccn2-c2c(N3CCCC3)nn(C)c2C)ccc1O. The summed E-state index contributed by atoms with van der Waals surface area (Å²) in [6.07, 6.45) is 6.13. The topological polar surface area (TPSA) is 68.3 Å². The molecule has 0 radical (unpaired) electrons. The number of aryl methyl sites for hydroxylation is 1. The van der Waals surface area contributed by atoms with Gasteiger partial charge in [0.2, 0.25) is 0 Å². The molecule has 1 fully saturated rings. The van der Waals surface area contributed by atoms with Gasteiger partial charge in [0.25, 0.3) is 0 Å². The fraction of sp³-hybridized carbons (Fsp3) is 0.368. The van der Waals surface area contributed by atoms with E-state index in [1.807, 2.05) is 24.0 Å². The van der Waals surface area contributed by atoms with Crippen LogP contribution in [0, 0.1) is 6.92 Å². The van der Waals surface area contributed by atoms with Crippen molar-refractivity contribution in [2.75, 3.05) is 25.1 Å². The normalized spacial score (nSPS) is 14.2. The molecule has 7 heteroatoms. The second-order valence-corrected chi connectivity index (χ2v) is 6.58. The number of imidazole rings is 1. The number of rotatable bonds is 4. The summed E-state index contributed by atoms with van der Waals surface area (Å²) in [7, 11) is 3.51. The fourth-order valence-electron chi connectivity index (χ4n) is 3.52. The van der Waals surface area contributed by atoms with Crippen LogP contribution in [0.5, 0.6) is 11.5 Å². The summed E-state index contributed by atoms with van der Waals surface area (Å²) in [6.45, 7) is 4.13. The first-order chi connectivity index (χ1) is 12.6. The van der Waals surface area contributed by atoms with Gasteiger partial charge in [-0.15, -0.1) is 0 Å². The predicted molar refractivity (Wildman–Crippen MR) is 100 cm³/mol. The Morgan fingerprint density at radius 1 is 1.19 bits per heavy atom. The van der Waals surface area contributed by atoms with E-state index in [0.29, 0.717) is 5.75 Å². The second-order valence-electron chi connectivity index (χ2n) is 6.58. The zero-order chi connectivity index (χ0) is 18.3. The molecule has 1 N–H and O–H groups in total. The van der Waals surface area contributed by atoms with Gasteiger partial charge in [-0.3, -0.25) is 9.25 Å². The van der Waals surface area contributed by atoms with E-state index >= 15 is 0 Å². The van der Waals surface area contributed by atoms with E-state index in [4.69, 9.17) is 9.84 Å². The molecular formula is C19H23N5O2. The van der Waals surface area contributed by atoms with Gasteiger partial charge in [0, 0.05) is 38.1 Å². The van der Waals surface area contributed by atoms with Crippen LogP contribution < -0.4 is 9.64 Å². The highest BCUT2D eigenvalue weighted by Crippen LogP contribution is 2.35. The number of nitrogens with zero attached hydrogens (tertiary/aromatic N) is 5. The zero-order valence-electron chi connectivity index (χ0n) is 15.3. The number of phenolic OH excluding ortho intramolecular Hbond substituents is 1. The van der Waals surface area contributed by atoms with Crippen LogP contribution in [0.2, 0.25) is 0 Å². The van der Waals surface area contributed by atoms with Crippen LogP contribution in [0.1, 0.15) is 18.5 Å². The smallest absolute Gasteiger partial charge is 0.175 e. The summed E-state index contributed by atoms with van der Waals surface area (Å²) in [4.78, 5) is 6.89. The van der Waals surface area contributed by atoms with Crippen molar-refractivity contribution >= 4 is 5.82 Å². The molecule has 1 saturated heterocycles. The summed E-state index contributed by atoms with van der Waals surface area (Å²) >= 11 is 0. The van der Waals surface area contributed by atoms with E-state index in [2.05, 4.69) is 21.4 Å². The molecule has 1 aromatic carbocycles. The van der Waals surface area contributed by atoms with E-state index in [1.165, 1.54) is 12.8 Å². The van der Waals surface area contributed by atoms with Crippen LogP contribution in [0.4, 0.5) is 5.82 Å². The summed E-state index contributed by atoms with van der Waals surface area (Å²) < 4.78 is 9.24. The highest BCUT2D eigenvalue weighted by atomic mass is 16.5. The van der Waals surface area contributed by atoms with Crippen LogP contribution in [-0.4, -0.2) is 44.6 Å². The molecular weight excluding hydrogens is 330 g/mol. The second kappa shape index (κ2) is 6.40. The predicted octanol–water partition coefficient (Wildman–Crippen LogP) is 2.90. The van der Waals surface area contributed by atoms with E-state index in [-0.39, 0.29) is 5.75 Å². The first kappa shape index (κ1) is 16.5. The minimum absolute atomic E-state index is 0.115. The maximum atomic E-state index is 9.88. The third-order valence-corrected chi connectivity index (χ3v) is 5.01. The molecule has 3 aromatic rings. The number of hydrogen-bond donors (Lipinski definition) is 1. The lowest BCUT2D eigenvalue weighted by Gasteiger charge is -2.18. The standard InChI is InChI=1S/C19H23N5O2/c1-13-17(19(21-22(13)2)23-9-4-5-10-23)24-11-8-20-18(24)14-6-7-15(25)16(12-14)26-3/h6-8,11-12,25H,4-5,9-10H2,1-3H3. The Morgan fingerprint density at radius 3 is 2.69 bits per heavy atom. The summed E-state index contributed by atoms with van der Waals surface area (Å²) in [5, 5.41) is 14.6. The Bertz CT molecular complexity index is 938. The first-order valence-electron chi connectivity index (χ1n) is 8.80. The molecule has 0 atom stereocenters. The molecule has 2 aromatic heterocycles. The van der Waals surface area contributed by atoms with Crippen LogP contribution in [0.3, 0.4) is 0 Å². The van der Waals surface area contributed by atoms with Crippen molar-refractivity contribution in [3.63, 3.8) is 0 Å². The Balaban J connectivity index is 1.85. The number of hydrogen-bond acceptors (Lipinski definition) is 5. The summed E-state index contributed by atoms with van der Waals surface area (Å²) in [6, 6.07) is 5.28. The molecule has 0 unspecified atom stereocenters. The summed E-state index contributed by atoms with van der Waals surface area (Å²) in [5.74, 6) is 2.33. The molecule has 3 heterocycles. The van der Waals surface area contributed by atoms with Crippen LogP contribution in [-0.2, 0) is 7.05 Å². The highest BCUT2D eigenvalue weighted by molar-refractivity contribution is 5.68. The zero-order valence-corrected chi connectivity index (χ0v) is 15.3. The van der Waals surface area contributed by atoms with Crippen molar-refractivity contribution < 1.29 is 9.84 Å². The maximum absolute atomic E-state index is 9.88. The largest absolute Gasteiger partial charge is 0.504 e. The molecule has 1 aliphatic heterocycles. The van der Waals surface area contributed by atoms with E-state index in [1.54, 1.807) is 25.4 Å². The number of aromatic hydroxyl groups is 1. The Morgan fingerprint density at radius 2 is 1.96 bits per heavy atom. The number of benzene rings is 1. The Labute approximate surface area is 152 Å². The van der Waals surface area contributed by atoms with Crippen molar-refractivity contribution in [3.8, 4) is 28.6 Å². The van der Waals surface area contributed by atoms with Crippen molar-refractivity contribution in [1.82, 2.24) is 19.3 Å². The quantitative estimate of drug-likeness (QED) is 0.781. The minimum atomic E-state index is 0.115. The number of phenols is 1. The number of anilines is 1. The van der Waals surface area contributed by atoms with E-state index in [9.17, 15) is 5.11 Å². The lowest BCUT2D eigenvalue weighted by Crippen LogP contribution is -2.20. The molecule has 7 nitrogen and oxygen atoms in total. The van der Waals surface area contributed by atoms with Gasteiger partial charge in [-0.05, 0) is 38.0 Å². The molecule has 26 heavy (non-hydrogen) atoms. The third-order valence-electron chi connectivity index (χ3n) is 5.01.